The molecule has 138 valence electrons. The van der Waals surface area contributed by atoms with Gasteiger partial charge in [-0.15, -0.1) is 0 Å². The number of aliphatic hydroxyl groups excluding tert-OH is 1. The van der Waals surface area contributed by atoms with E-state index in [0.717, 1.165) is 42.0 Å². The van der Waals surface area contributed by atoms with Crippen LogP contribution in [-0.4, -0.2) is 32.2 Å². The van der Waals surface area contributed by atoms with Gasteiger partial charge < -0.3 is 10.4 Å². The Morgan fingerprint density at radius 3 is 2.63 bits per heavy atom. The first-order chi connectivity index (χ1) is 13.2. The molecule has 3 aromatic rings. The third kappa shape index (κ3) is 3.98. The molecule has 2 N–H and O–H groups in total. The van der Waals surface area contributed by atoms with Crippen LogP contribution in [-0.2, 0) is 19.3 Å². The normalized spacial score (nSPS) is 15.2. The van der Waals surface area contributed by atoms with E-state index < -0.39 is 6.10 Å². The average Bonchev–Trinajstić information content (AvgIpc) is 3.18. The summed E-state index contributed by atoms with van der Waals surface area (Å²) in [5.41, 5.74) is 4.17. The zero-order valence-corrected chi connectivity index (χ0v) is 15.5. The van der Waals surface area contributed by atoms with E-state index in [-0.39, 0.29) is 6.04 Å². The lowest BCUT2D eigenvalue weighted by Crippen LogP contribution is -2.33. The van der Waals surface area contributed by atoms with E-state index in [0.29, 0.717) is 12.2 Å². The minimum absolute atomic E-state index is 0.124. The van der Waals surface area contributed by atoms with Crippen molar-refractivity contribution in [2.24, 2.45) is 0 Å². The number of fused-ring (bicyclic) bond motifs is 1. The fourth-order valence-corrected chi connectivity index (χ4v) is 3.51. The van der Waals surface area contributed by atoms with E-state index in [9.17, 15) is 5.11 Å². The molecule has 2 aromatic heterocycles. The van der Waals surface area contributed by atoms with Gasteiger partial charge in [-0.1, -0.05) is 36.4 Å². The highest BCUT2D eigenvalue weighted by molar-refractivity contribution is 5.58. The van der Waals surface area contributed by atoms with Gasteiger partial charge in [0.05, 0.1) is 12.1 Å². The average molecular weight is 360 g/mol. The standard InChI is InChI=1S/C22H24N4O/c1-15(20(27)14-16-8-3-2-4-9-16)24-21-17-10-7-12-18(17)25-22(26-21)19-11-5-6-13-23-19/h2-6,8-9,11,13,15,20,27H,7,10,12,14H2,1H3,(H,24,25,26). The van der Waals surface area contributed by atoms with Gasteiger partial charge in [0.25, 0.3) is 0 Å². The zero-order valence-electron chi connectivity index (χ0n) is 15.5. The van der Waals surface area contributed by atoms with Crippen LogP contribution < -0.4 is 5.32 Å². The van der Waals surface area contributed by atoms with Gasteiger partial charge in [0.15, 0.2) is 5.82 Å². The molecule has 0 aliphatic heterocycles. The van der Waals surface area contributed by atoms with E-state index in [1.807, 2.05) is 55.5 Å². The summed E-state index contributed by atoms with van der Waals surface area (Å²) in [6.07, 6.45) is 4.89. The zero-order chi connectivity index (χ0) is 18.6. The second kappa shape index (κ2) is 7.84. The molecule has 4 rings (SSSR count). The Morgan fingerprint density at radius 1 is 1.04 bits per heavy atom. The van der Waals surface area contributed by atoms with Crippen LogP contribution in [0.3, 0.4) is 0 Å². The molecule has 0 fully saturated rings. The third-order valence-electron chi connectivity index (χ3n) is 5.06. The lowest BCUT2D eigenvalue weighted by Gasteiger charge is -2.22. The first-order valence-electron chi connectivity index (χ1n) is 9.50. The van der Waals surface area contributed by atoms with E-state index in [1.165, 1.54) is 5.56 Å². The molecule has 0 saturated carbocycles. The van der Waals surface area contributed by atoms with Crippen LogP contribution in [0.4, 0.5) is 5.82 Å². The van der Waals surface area contributed by atoms with E-state index in [1.54, 1.807) is 6.20 Å². The summed E-state index contributed by atoms with van der Waals surface area (Å²) in [4.78, 5) is 13.9. The summed E-state index contributed by atoms with van der Waals surface area (Å²) in [5, 5.41) is 14.1. The number of benzene rings is 1. The number of nitrogens with one attached hydrogen (secondary N) is 1. The fraction of sp³-hybridized carbons (Fsp3) is 0.318. The van der Waals surface area contributed by atoms with Crippen molar-refractivity contribution >= 4 is 5.82 Å². The molecule has 0 bridgehead atoms. The topological polar surface area (TPSA) is 70.9 Å². The number of aromatic nitrogens is 3. The molecule has 1 aliphatic rings. The van der Waals surface area contributed by atoms with Crippen LogP contribution in [0.25, 0.3) is 11.5 Å². The molecule has 0 amide bonds. The monoisotopic (exact) mass is 360 g/mol. The maximum Gasteiger partial charge on any atom is 0.180 e. The second-order valence-corrected chi connectivity index (χ2v) is 7.08. The summed E-state index contributed by atoms with van der Waals surface area (Å²) in [7, 11) is 0. The molecule has 2 atom stereocenters. The first-order valence-corrected chi connectivity index (χ1v) is 9.50. The van der Waals surface area contributed by atoms with Gasteiger partial charge >= 0.3 is 0 Å². The van der Waals surface area contributed by atoms with Crippen molar-refractivity contribution in [1.82, 2.24) is 15.0 Å². The molecular weight excluding hydrogens is 336 g/mol. The Hall–Kier alpha value is -2.79. The van der Waals surface area contributed by atoms with Crippen LogP contribution >= 0.6 is 0 Å². The summed E-state index contributed by atoms with van der Waals surface area (Å²) < 4.78 is 0. The Balaban J connectivity index is 1.57. The molecule has 2 unspecified atom stereocenters. The molecule has 0 radical (unpaired) electrons. The van der Waals surface area contributed by atoms with Crippen molar-refractivity contribution in [2.75, 3.05) is 5.32 Å². The lowest BCUT2D eigenvalue weighted by atomic mass is 10.0. The number of aliphatic hydroxyl groups is 1. The highest BCUT2D eigenvalue weighted by Crippen LogP contribution is 2.29. The smallest absolute Gasteiger partial charge is 0.180 e. The molecule has 0 saturated heterocycles. The van der Waals surface area contributed by atoms with E-state index in [2.05, 4.69) is 10.3 Å². The maximum atomic E-state index is 10.6. The van der Waals surface area contributed by atoms with Crippen molar-refractivity contribution in [1.29, 1.82) is 0 Å². The quantitative estimate of drug-likeness (QED) is 0.705. The number of anilines is 1. The van der Waals surface area contributed by atoms with Crippen LogP contribution in [0.15, 0.2) is 54.7 Å². The van der Waals surface area contributed by atoms with Crippen molar-refractivity contribution in [3.63, 3.8) is 0 Å². The van der Waals surface area contributed by atoms with Crippen LogP contribution in [0.2, 0.25) is 0 Å². The summed E-state index contributed by atoms with van der Waals surface area (Å²) in [6, 6.07) is 15.7. The molecule has 27 heavy (non-hydrogen) atoms. The number of hydrogen-bond donors (Lipinski definition) is 2. The molecule has 5 heteroatoms. The summed E-state index contributed by atoms with van der Waals surface area (Å²) >= 11 is 0. The van der Waals surface area contributed by atoms with Crippen molar-refractivity contribution in [3.8, 4) is 11.5 Å². The lowest BCUT2D eigenvalue weighted by molar-refractivity contribution is 0.158. The number of pyridine rings is 1. The summed E-state index contributed by atoms with van der Waals surface area (Å²) in [6.45, 7) is 2.00. The SMILES string of the molecule is CC(Nc1nc(-c2ccccn2)nc2c1CCC2)C(O)Cc1ccccc1. The van der Waals surface area contributed by atoms with Crippen LogP contribution in [0.1, 0.15) is 30.2 Å². The minimum Gasteiger partial charge on any atom is -0.391 e. The van der Waals surface area contributed by atoms with Gasteiger partial charge in [-0.25, -0.2) is 9.97 Å². The first kappa shape index (κ1) is 17.6. The number of rotatable bonds is 6. The maximum absolute atomic E-state index is 10.6. The molecule has 5 nitrogen and oxygen atoms in total. The Labute approximate surface area is 159 Å². The highest BCUT2D eigenvalue weighted by Gasteiger charge is 2.23. The molecule has 1 aliphatic carbocycles. The van der Waals surface area contributed by atoms with Gasteiger partial charge in [0.1, 0.15) is 11.5 Å². The van der Waals surface area contributed by atoms with Crippen LogP contribution in [0, 0.1) is 0 Å². The fourth-order valence-electron chi connectivity index (χ4n) is 3.51. The van der Waals surface area contributed by atoms with Gasteiger partial charge in [-0.2, -0.15) is 0 Å². The van der Waals surface area contributed by atoms with Crippen molar-refractivity contribution < 1.29 is 5.11 Å². The van der Waals surface area contributed by atoms with Crippen molar-refractivity contribution in [2.45, 2.75) is 44.8 Å². The second-order valence-electron chi connectivity index (χ2n) is 7.08. The Kier molecular flexibility index (Phi) is 5.12. The predicted octanol–water partition coefficient (Wildman–Crippen LogP) is 3.43. The summed E-state index contributed by atoms with van der Waals surface area (Å²) in [5.74, 6) is 1.47. The van der Waals surface area contributed by atoms with Gasteiger partial charge in [0.2, 0.25) is 0 Å². The van der Waals surface area contributed by atoms with E-state index in [4.69, 9.17) is 9.97 Å². The molecule has 2 heterocycles. The minimum atomic E-state index is -0.502. The largest absolute Gasteiger partial charge is 0.391 e. The highest BCUT2D eigenvalue weighted by atomic mass is 16.3. The molecular formula is C22H24N4O. The number of hydrogen-bond acceptors (Lipinski definition) is 5. The molecule has 0 spiro atoms. The van der Waals surface area contributed by atoms with Crippen LogP contribution in [0.5, 0.6) is 0 Å². The van der Waals surface area contributed by atoms with Gasteiger partial charge in [0, 0.05) is 23.9 Å². The third-order valence-corrected chi connectivity index (χ3v) is 5.06. The molecule has 1 aromatic carbocycles. The number of nitrogens with zero attached hydrogens (tertiary/aromatic N) is 3. The predicted molar refractivity (Wildman–Crippen MR) is 107 cm³/mol. The van der Waals surface area contributed by atoms with Gasteiger partial charge in [-0.05, 0) is 43.9 Å². The Morgan fingerprint density at radius 2 is 1.85 bits per heavy atom. The Bertz CT molecular complexity index is 899. The van der Waals surface area contributed by atoms with Crippen molar-refractivity contribution in [3.05, 3.63) is 71.5 Å². The number of aryl methyl sites for hydroxylation is 1. The van der Waals surface area contributed by atoms with Gasteiger partial charge in [-0.3, -0.25) is 4.98 Å². The van der Waals surface area contributed by atoms with E-state index >= 15 is 0 Å².